The van der Waals surface area contributed by atoms with E-state index in [0.717, 1.165) is 12.5 Å². The number of hydrogen-bond acceptors (Lipinski definition) is 5. The fourth-order valence-electron chi connectivity index (χ4n) is 2.84. The molecule has 1 N–H and O–H groups in total. The maximum absolute atomic E-state index is 13.4. The Morgan fingerprint density at radius 1 is 1.29 bits per heavy atom. The molecule has 1 aliphatic rings. The van der Waals surface area contributed by atoms with Crippen molar-refractivity contribution in [2.45, 2.75) is 43.4 Å². The number of aryl methyl sites for hydroxylation is 1. The number of halogens is 1. The average molecular weight is 378 g/mol. The van der Waals surface area contributed by atoms with Gasteiger partial charge < -0.3 is 5.32 Å². The van der Waals surface area contributed by atoms with Crippen LogP contribution < -0.4 is 5.32 Å². The Kier molecular flexibility index (Phi) is 5.71. The minimum atomic E-state index is -3.86. The van der Waals surface area contributed by atoms with E-state index in [1.807, 2.05) is 13.8 Å². The molecule has 2 rings (SSSR count). The first-order valence-corrected chi connectivity index (χ1v) is 11.3. The molecule has 0 bridgehead atoms. The summed E-state index contributed by atoms with van der Waals surface area (Å²) in [5.74, 6) is -0.634. The lowest BCUT2D eigenvalue weighted by Gasteiger charge is -2.20. The summed E-state index contributed by atoms with van der Waals surface area (Å²) in [5.41, 5.74) is 0.223. The van der Waals surface area contributed by atoms with Crippen molar-refractivity contribution in [2.75, 3.05) is 18.1 Å². The number of benzene rings is 1. The van der Waals surface area contributed by atoms with E-state index in [9.17, 15) is 21.2 Å². The van der Waals surface area contributed by atoms with Gasteiger partial charge in [-0.2, -0.15) is 0 Å². The zero-order valence-electron chi connectivity index (χ0n) is 14.1. The van der Waals surface area contributed by atoms with Gasteiger partial charge in [-0.25, -0.2) is 21.2 Å². The molecular formula is C16H24FNO4S2. The highest BCUT2D eigenvalue weighted by Gasteiger charge is 2.45. The van der Waals surface area contributed by atoms with Crippen LogP contribution in [0.5, 0.6) is 0 Å². The predicted octanol–water partition coefficient (Wildman–Crippen LogP) is 1.71. The Labute approximate surface area is 143 Å². The monoisotopic (exact) mass is 377 g/mol. The van der Waals surface area contributed by atoms with E-state index in [-0.39, 0.29) is 16.2 Å². The van der Waals surface area contributed by atoms with Crippen LogP contribution in [0.25, 0.3) is 0 Å². The summed E-state index contributed by atoms with van der Waals surface area (Å²) in [6.07, 6.45) is 0.832. The Bertz CT molecular complexity index is 803. The standard InChI is InChI=1S/C16H24FNO4S2/c1-11(2)6-7-18-15-9-23(19,20)10-16(15)24(21,22)13-4-5-14(17)12(3)8-13/h4-5,8,11,15-16,18H,6-7,9-10H2,1-3H3/t15-,16-/m1/s1. The van der Waals surface area contributed by atoms with Crippen LogP contribution in [0.2, 0.25) is 0 Å². The number of hydrogen-bond donors (Lipinski definition) is 1. The molecule has 0 spiro atoms. The zero-order chi connectivity index (χ0) is 18.1. The van der Waals surface area contributed by atoms with Crippen LogP contribution in [-0.2, 0) is 19.7 Å². The van der Waals surface area contributed by atoms with Crippen molar-refractivity contribution in [3.63, 3.8) is 0 Å². The summed E-state index contributed by atoms with van der Waals surface area (Å²) in [7, 11) is -7.28. The minimum Gasteiger partial charge on any atom is -0.312 e. The van der Waals surface area contributed by atoms with Crippen molar-refractivity contribution < 1.29 is 21.2 Å². The van der Waals surface area contributed by atoms with E-state index < -0.39 is 42.5 Å². The van der Waals surface area contributed by atoms with Gasteiger partial charge in [0.1, 0.15) is 5.82 Å². The molecule has 2 atom stereocenters. The average Bonchev–Trinajstić information content (AvgIpc) is 2.77. The molecule has 1 aromatic carbocycles. The van der Waals surface area contributed by atoms with Crippen LogP contribution in [0.1, 0.15) is 25.8 Å². The maximum Gasteiger partial charge on any atom is 0.183 e. The molecule has 0 radical (unpaired) electrons. The van der Waals surface area contributed by atoms with Gasteiger partial charge in [-0.1, -0.05) is 13.8 Å². The number of rotatable bonds is 6. The highest BCUT2D eigenvalue weighted by Crippen LogP contribution is 2.27. The molecule has 1 aliphatic heterocycles. The van der Waals surface area contributed by atoms with Gasteiger partial charge in [0, 0.05) is 6.04 Å². The smallest absolute Gasteiger partial charge is 0.183 e. The lowest BCUT2D eigenvalue weighted by molar-refractivity contribution is 0.483. The molecule has 5 nitrogen and oxygen atoms in total. The molecular weight excluding hydrogens is 353 g/mol. The van der Waals surface area contributed by atoms with Crippen molar-refractivity contribution in [3.8, 4) is 0 Å². The van der Waals surface area contributed by atoms with Crippen LogP contribution in [-0.4, -0.2) is 46.2 Å². The molecule has 0 saturated carbocycles. The van der Waals surface area contributed by atoms with Crippen molar-refractivity contribution in [2.24, 2.45) is 5.92 Å². The normalized spacial score (nSPS) is 23.7. The number of nitrogens with one attached hydrogen (secondary N) is 1. The highest BCUT2D eigenvalue weighted by atomic mass is 32.2. The number of sulfone groups is 2. The van der Waals surface area contributed by atoms with Crippen LogP contribution in [0.3, 0.4) is 0 Å². The van der Waals surface area contributed by atoms with Gasteiger partial charge >= 0.3 is 0 Å². The first-order valence-electron chi connectivity index (χ1n) is 7.97. The Morgan fingerprint density at radius 2 is 1.96 bits per heavy atom. The topological polar surface area (TPSA) is 80.3 Å². The predicted molar refractivity (Wildman–Crippen MR) is 92.0 cm³/mol. The van der Waals surface area contributed by atoms with Crippen LogP contribution in [0, 0.1) is 18.7 Å². The van der Waals surface area contributed by atoms with E-state index in [4.69, 9.17) is 0 Å². The summed E-state index contributed by atoms with van der Waals surface area (Å²) >= 11 is 0. The zero-order valence-corrected chi connectivity index (χ0v) is 15.8. The molecule has 136 valence electrons. The fourth-order valence-corrected chi connectivity index (χ4v) is 7.64. The quantitative estimate of drug-likeness (QED) is 0.764. The van der Waals surface area contributed by atoms with Crippen molar-refractivity contribution in [3.05, 3.63) is 29.6 Å². The lowest BCUT2D eigenvalue weighted by Crippen LogP contribution is -2.43. The van der Waals surface area contributed by atoms with E-state index in [1.54, 1.807) is 0 Å². The van der Waals surface area contributed by atoms with E-state index in [2.05, 4.69) is 5.32 Å². The second kappa shape index (κ2) is 7.09. The molecule has 1 fully saturated rings. The third kappa shape index (κ3) is 4.34. The third-order valence-electron chi connectivity index (χ3n) is 4.29. The van der Waals surface area contributed by atoms with Gasteiger partial charge in [0.25, 0.3) is 0 Å². The lowest BCUT2D eigenvalue weighted by atomic mass is 10.1. The summed E-state index contributed by atoms with van der Waals surface area (Å²) in [5, 5.41) is 2.05. The molecule has 0 aromatic heterocycles. The molecule has 0 amide bonds. The molecule has 1 aromatic rings. The molecule has 24 heavy (non-hydrogen) atoms. The van der Waals surface area contributed by atoms with Crippen molar-refractivity contribution >= 4 is 19.7 Å². The SMILES string of the molecule is Cc1cc(S(=O)(=O)[C@@H]2CS(=O)(=O)C[C@H]2NCCC(C)C)ccc1F. The molecule has 8 heteroatoms. The molecule has 0 unspecified atom stereocenters. The van der Waals surface area contributed by atoms with Gasteiger partial charge in [-0.3, -0.25) is 0 Å². The summed E-state index contributed by atoms with van der Waals surface area (Å²) in [6, 6.07) is 2.94. The third-order valence-corrected chi connectivity index (χ3v) is 8.43. The van der Waals surface area contributed by atoms with Crippen molar-refractivity contribution in [1.29, 1.82) is 0 Å². The Morgan fingerprint density at radius 3 is 2.54 bits per heavy atom. The largest absolute Gasteiger partial charge is 0.312 e. The van der Waals surface area contributed by atoms with Crippen LogP contribution >= 0.6 is 0 Å². The second-order valence-corrected chi connectivity index (χ2v) is 11.1. The maximum atomic E-state index is 13.4. The van der Waals surface area contributed by atoms with E-state index in [1.165, 1.54) is 19.1 Å². The van der Waals surface area contributed by atoms with Crippen LogP contribution in [0.4, 0.5) is 4.39 Å². The fraction of sp³-hybridized carbons (Fsp3) is 0.625. The highest BCUT2D eigenvalue weighted by molar-refractivity contribution is 7.96. The first kappa shape index (κ1) is 19.3. The van der Waals surface area contributed by atoms with Gasteiger partial charge in [-0.05, 0) is 49.6 Å². The molecule has 1 heterocycles. The summed E-state index contributed by atoms with van der Waals surface area (Å²) in [4.78, 5) is -0.0286. The van der Waals surface area contributed by atoms with Crippen molar-refractivity contribution in [1.82, 2.24) is 5.32 Å². The Balaban J connectivity index is 2.29. The van der Waals surface area contributed by atoms with Gasteiger partial charge in [0.2, 0.25) is 0 Å². The Hall–Kier alpha value is -0.990. The second-order valence-electron chi connectivity index (χ2n) is 6.81. The summed E-state index contributed by atoms with van der Waals surface area (Å²) in [6.45, 7) is 6.13. The van der Waals surface area contributed by atoms with Crippen LogP contribution in [0.15, 0.2) is 23.1 Å². The molecule has 1 saturated heterocycles. The van der Waals surface area contributed by atoms with Gasteiger partial charge in [0.15, 0.2) is 19.7 Å². The first-order chi connectivity index (χ1) is 11.0. The van der Waals surface area contributed by atoms with E-state index >= 15 is 0 Å². The molecule has 0 aliphatic carbocycles. The van der Waals surface area contributed by atoms with Gasteiger partial charge in [0.05, 0.1) is 21.7 Å². The van der Waals surface area contributed by atoms with E-state index in [0.29, 0.717) is 12.5 Å². The summed E-state index contributed by atoms with van der Waals surface area (Å²) < 4.78 is 63.1. The van der Waals surface area contributed by atoms with Gasteiger partial charge in [-0.15, -0.1) is 0 Å². The minimum absolute atomic E-state index is 0.0286.